The van der Waals surface area contributed by atoms with Crippen molar-refractivity contribution in [2.24, 2.45) is 5.92 Å². The van der Waals surface area contributed by atoms with E-state index in [0.29, 0.717) is 6.26 Å². The monoisotopic (exact) mass is 247 g/mol. The Morgan fingerprint density at radius 3 is 2.38 bits per heavy atom. The van der Waals surface area contributed by atoms with Gasteiger partial charge in [-0.2, -0.15) is 0 Å². The highest BCUT2D eigenvalue weighted by Crippen LogP contribution is 2.33. The number of carboxylic acid groups (broad SMARTS) is 1. The summed E-state index contributed by atoms with van der Waals surface area (Å²) in [6.07, 6.45) is 4.86. The Kier molecular flexibility index (Phi) is 2.87. The molecule has 7 nitrogen and oxygen atoms in total. The van der Waals surface area contributed by atoms with Crippen molar-refractivity contribution in [3.05, 3.63) is 34.4 Å². The van der Waals surface area contributed by atoms with E-state index in [4.69, 9.17) is 5.11 Å². The molecule has 0 aliphatic heterocycles. The number of nitrogens with zero attached hydrogens (tertiary/aromatic N) is 1. The van der Waals surface area contributed by atoms with E-state index < -0.39 is 31.5 Å². The fourth-order valence-corrected chi connectivity index (χ4v) is 2.77. The number of nitro groups is 1. The Bertz CT molecular complexity index is 491. The Morgan fingerprint density at radius 2 is 2.06 bits per heavy atom. The number of allylic oxidation sites excluding steroid dienone is 2. The molecule has 0 aromatic rings. The summed E-state index contributed by atoms with van der Waals surface area (Å²) in [5.41, 5.74) is 0. The standard InChI is InChI=1S/C8H9NO6S/c1-16(14,15)8(9(12)13)5-3-2-4-6(8)7(10)11/h2-6H,1H3,(H,10,11). The van der Waals surface area contributed by atoms with Crippen LogP contribution in [0.3, 0.4) is 0 Å². The van der Waals surface area contributed by atoms with Crippen molar-refractivity contribution < 1.29 is 23.2 Å². The third-order valence-electron chi connectivity index (χ3n) is 2.34. The quantitative estimate of drug-likeness (QED) is 0.547. The Labute approximate surface area is 91.1 Å². The first-order valence-corrected chi connectivity index (χ1v) is 6.05. The van der Waals surface area contributed by atoms with E-state index in [-0.39, 0.29) is 0 Å². The number of hydrogen-bond donors (Lipinski definition) is 1. The number of aliphatic carboxylic acids is 1. The summed E-state index contributed by atoms with van der Waals surface area (Å²) < 4.78 is 22.9. The molecule has 2 unspecified atom stereocenters. The van der Waals surface area contributed by atoms with Gasteiger partial charge in [0.2, 0.25) is 9.84 Å². The largest absolute Gasteiger partial charge is 0.481 e. The highest BCUT2D eigenvalue weighted by atomic mass is 32.2. The minimum Gasteiger partial charge on any atom is -0.481 e. The molecule has 0 amide bonds. The fraction of sp³-hybridized carbons (Fsp3) is 0.375. The van der Waals surface area contributed by atoms with Crippen LogP contribution in [0.1, 0.15) is 0 Å². The Hall–Kier alpha value is -1.70. The lowest BCUT2D eigenvalue weighted by Gasteiger charge is -2.25. The van der Waals surface area contributed by atoms with Crippen molar-refractivity contribution in [1.82, 2.24) is 0 Å². The maximum Gasteiger partial charge on any atom is 0.353 e. The minimum atomic E-state index is -4.20. The van der Waals surface area contributed by atoms with Crippen molar-refractivity contribution >= 4 is 15.8 Å². The minimum absolute atomic E-state index is 0.648. The van der Waals surface area contributed by atoms with Gasteiger partial charge in [-0.1, -0.05) is 18.2 Å². The summed E-state index contributed by atoms with van der Waals surface area (Å²) in [6.45, 7) is 0. The summed E-state index contributed by atoms with van der Waals surface area (Å²) in [5, 5.41) is 19.7. The molecule has 0 aromatic carbocycles. The van der Waals surface area contributed by atoms with Crippen molar-refractivity contribution in [2.75, 3.05) is 6.26 Å². The average Bonchev–Trinajstić information content (AvgIpc) is 2.15. The SMILES string of the molecule is CS(=O)(=O)C1([N+](=O)[O-])C=CC=CC1C(=O)O. The van der Waals surface area contributed by atoms with Gasteiger partial charge in [-0.15, -0.1) is 0 Å². The zero-order valence-electron chi connectivity index (χ0n) is 8.23. The summed E-state index contributed by atoms with van der Waals surface area (Å²) >= 11 is 0. The van der Waals surface area contributed by atoms with Gasteiger partial charge in [0.25, 0.3) is 0 Å². The summed E-state index contributed by atoms with van der Waals surface area (Å²) in [5.74, 6) is -3.27. The second kappa shape index (κ2) is 3.71. The number of rotatable bonds is 3. The molecule has 0 spiro atoms. The van der Waals surface area contributed by atoms with Crippen LogP contribution >= 0.6 is 0 Å². The maximum absolute atomic E-state index is 11.5. The van der Waals surface area contributed by atoms with Crippen molar-refractivity contribution in [2.45, 2.75) is 4.87 Å². The molecule has 0 heterocycles. The predicted molar refractivity (Wildman–Crippen MR) is 54.0 cm³/mol. The molecular weight excluding hydrogens is 238 g/mol. The van der Waals surface area contributed by atoms with Crippen LogP contribution in [0, 0.1) is 16.0 Å². The van der Waals surface area contributed by atoms with Crippen LogP contribution in [0.2, 0.25) is 0 Å². The van der Waals surface area contributed by atoms with Gasteiger partial charge in [0.05, 0.1) is 0 Å². The molecule has 1 aliphatic carbocycles. The van der Waals surface area contributed by atoms with Gasteiger partial charge in [-0.3, -0.25) is 14.9 Å². The van der Waals surface area contributed by atoms with Gasteiger partial charge < -0.3 is 5.11 Å². The van der Waals surface area contributed by atoms with Crippen LogP contribution in [0.4, 0.5) is 0 Å². The van der Waals surface area contributed by atoms with Crippen molar-refractivity contribution in [3.8, 4) is 0 Å². The lowest BCUT2D eigenvalue weighted by Crippen LogP contribution is -2.53. The molecule has 0 aromatic heterocycles. The van der Waals surface area contributed by atoms with Gasteiger partial charge in [0, 0.05) is 17.3 Å². The third-order valence-corrected chi connectivity index (χ3v) is 4.07. The molecule has 1 aliphatic rings. The fourth-order valence-electron chi connectivity index (χ4n) is 1.53. The molecule has 0 radical (unpaired) electrons. The molecule has 0 fully saturated rings. The van der Waals surface area contributed by atoms with Gasteiger partial charge in [-0.05, 0) is 0 Å². The molecule has 1 rings (SSSR count). The highest BCUT2D eigenvalue weighted by Gasteiger charge is 2.60. The molecule has 0 bridgehead atoms. The zero-order chi connectivity index (χ0) is 12.6. The first-order valence-electron chi connectivity index (χ1n) is 4.16. The van der Waals surface area contributed by atoms with E-state index in [1.807, 2.05) is 0 Å². The van der Waals surface area contributed by atoms with E-state index in [0.717, 1.165) is 18.2 Å². The molecule has 0 saturated heterocycles. The second-order valence-corrected chi connectivity index (χ2v) is 5.54. The third kappa shape index (κ3) is 1.60. The molecule has 0 saturated carbocycles. The first-order chi connectivity index (χ1) is 7.23. The van der Waals surface area contributed by atoms with E-state index in [1.54, 1.807) is 0 Å². The van der Waals surface area contributed by atoms with Crippen molar-refractivity contribution in [1.29, 1.82) is 0 Å². The number of hydrogen-bond acceptors (Lipinski definition) is 5. The summed E-state index contributed by atoms with van der Waals surface area (Å²) in [4.78, 5) is 18.1. The van der Waals surface area contributed by atoms with Crippen LogP contribution < -0.4 is 0 Å². The summed E-state index contributed by atoms with van der Waals surface area (Å²) in [7, 11) is -4.20. The first kappa shape index (κ1) is 12.4. The van der Waals surface area contributed by atoms with Crippen LogP contribution in [-0.2, 0) is 14.6 Å². The number of carboxylic acids is 1. The lowest BCUT2D eigenvalue weighted by atomic mass is 9.95. The van der Waals surface area contributed by atoms with Gasteiger partial charge >= 0.3 is 10.8 Å². The normalized spacial score (nSPS) is 28.9. The Balaban J connectivity index is 3.52. The molecule has 2 atom stereocenters. The van der Waals surface area contributed by atoms with Gasteiger partial charge in [0.15, 0.2) is 5.92 Å². The van der Waals surface area contributed by atoms with Gasteiger partial charge in [0.1, 0.15) is 0 Å². The number of sulfone groups is 1. The van der Waals surface area contributed by atoms with E-state index in [9.17, 15) is 23.3 Å². The highest BCUT2D eigenvalue weighted by molar-refractivity contribution is 7.92. The smallest absolute Gasteiger partial charge is 0.353 e. The van der Waals surface area contributed by atoms with Crippen LogP contribution in [0.15, 0.2) is 24.3 Å². The van der Waals surface area contributed by atoms with Crippen LogP contribution in [0.25, 0.3) is 0 Å². The molecule has 1 N–H and O–H groups in total. The van der Waals surface area contributed by atoms with E-state index in [1.165, 1.54) is 6.08 Å². The van der Waals surface area contributed by atoms with Crippen molar-refractivity contribution in [3.63, 3.8) is 0 Å². The van der Waals surface area contributed by atoms with Crippen LogP contribution in [0.5, 0.6) is 0 Å². The summed E-state index contributed by atoms with van der Waals surface area (Å²) in [6, 6.07) is 0. The Morgan fingerprint density at radius 1 is 1.50 bits per heavy atom. The lowest BCUT2D eigenvalue weighted by molar-refractivity contribution is -0.532. The van der Waals surface area contributed by atoms with Crippen LogP contribution in [-0.4, -0.2) is 35.5 Å². The second-order valence-electron chi connectivity index (χ2n) is 3.34. The predicted octanol–water partition coefficient (Wildman–Crippen LogP) is -0.169. The molecule has 8 heteroatoms. The zero-order valence-corrected chi connectivity index (χ0v) is 9.05. The molecule has 16 heavy (non-hydrogen) atoms. The molecule has 88 valence electrons. The van der Waals surface area contributed by atoms with Gasteiger partial charge in [-0.25, -0.2) is 8.42 Å². The topological polar surface area (TPSA) is 115 Å². The maximum atomic E-state index is 11.5. The van der Waals surface area contributed by atoms with E-state index >= 15 is 0 Å². The van der Waals surface area contributed by atoms with E-state index in [2.05, 4.69) is 0 Å². The molecular formula is C8H9NO6S. The average molecular weight is 247 g/mol. The number of carbonyl (C=O) groups is 1.